The van der Waals surface area contributed by atoms with Gasteiger partial charge in [0.05, 0.1) is 6.61 Å². The van der Waals surface area contributed by atoms with Crippen molar-refractivity contribution in [3.05, 3.63) is 83.0 Å². The van der Waals surface area contributed by atoms with Crippen molar-refractivity contribution in [3.63, 3.8) is 0 Å². The Morgan fingerprint density at radius 3 is 2.52 bits per heavy atom. The third kappa shape index (κ3) is 6.38. The van der Waals surface area contributed by atoms with Crippen molar-refractivity contribution in [2.45, 2.75) is 20.1 Å². The number of nitrogens with one attached hydrogen (secondary N) is 1. The molecule has 0 unspecified atom stereocenters. The second-order valence-electron chi connectivity index (χ2n) is 6.25. The quantitative estimate of drug-likeness (QED) is 0.455. The highest BCUT2D eigenvalue weighted by Gasteiger charge is 2.12. The van der Waals surface area contributed by atoms with E-state index in [1.807, 2.05) is 67.6 Å². The number of benzene rings is 2. The molecule has 0 saturated carbocycles. The summed E-state index contributed by atoms with van der Waals surface area (Å²) in [7, 11) is 0. The molecule has 0 bridgehead atoms. The molecule has 0 amide bonds. The maximum absolute atomic E-state index is 6.26. The fraction of sp³-hybridized carbons (Fsp3) is 0.261. The normalized spacial score (nSPS) is 10.6. The predicted molar refractivity (Wildman–Crippen MR) is 115 cm³/mol. The van der Waals surface area contributed by atoms with Crippen LogP contribution in [0.2, 0.25) is 5.02 Å². The van der Waals surface area contributed by atoms with Crippen molar-refractivity contribution in [3.8, 4) is 17.4 Å². The van der Waals surface area contributed by atoms with Gasteiger partial charge in [-0.3, -0.25) is 0 Å². The van der Waals surface area contributed by atoms with Crippen LogP contribution >= 0.6 is 11.6 Å². The van der Waals surface area contributed by atoms with E-state index in [1.165, 1.54) is 0 Å². The zero-order valence-corrected chi connectivity index (χ0v) is 17.2. The molecule has 1 aromatic heterocycles. The van der Waals surface area contributed by atoms with Crippen molar-refractivity contribution in [1.82, 2.24) is 10.3 Å². The summed E-state index contributed by atoms with van der Waals surface area (Å²) >= 11 is 6.26. The number of pyridine rings is 1. The number of rotatable bonds is 11. The standard InChI is InChI=1S/C23H25ClN2O3/c1-2-27-21-11-7-9-18(16-25-14-15-28-22-12-5-6-13-26-22)23(21)29-17-19-8-3-4-10-20(19)24/h3-13,25H,2,14-17H2,1H3. The van der Waals surface area contributed by atoms with Gasteiger partial charge in [0.25, 0.3) is 0 Å². The van der Waals surface area contributed by atoms with Crippen molar-refractivity contribution in [2.24, 2.45) is 0 Å². The number of hydrogen-bond acceptors (Lipinski definition) is 5. The molecule has 2 aromatic carbocycles. The van der Waals surface area contributed by atoms with E-state index in [9.17, 15) is 0 Å². The van der Waals surface area contributed by atoms with Gasteiger partial charge in [0.15, 0.2) is 11.5 Å². The molecule has 5 nitrogen and oxygen atoms in total. The second-order valence-corrected chi connectivity index (χ2v) is 6.66. The summed E-state index contributed by atoms with van der Waals surface area (Å²) in [5.74, 6) is 2.08. The number of hydrogen-bond donors (Lipinski definition) is 1. The lowest BCUT2D eigenvalue weighted by molar-refractivity contribution is 0.265. The van der Waals surface area contributed by atoms with E-state index in [1.54, 1.807) is 6.20 Å². The summed E-state index contributed by atoms with van der Waals surface area (Å²) in [4.78, 5) is 4.14. The van der Waals surface area contributed by atoms with Crippen molar-refractivity contribution in [2.75, 3.05) is 19.8 Å². The lowest BCUT2D eigenvalue weighted by Crippen LogP contribution is -2.21. The van der Waals surface area contributed by atoms with E-state index in [4.69, 9.17) is 25.8 Å². The van der Waals surface area contributed by atoms with Gasteiger partial charge in [0.2, 0.25) is 5.88 Å². The van der Waals surface area contributed by atoms with E-state index >= 15 is 0 Å². The fourth-order valence-corrected chi connectivity index (χ4v) is 2.97. The molecule has 0 fully saturated rings. The lowest BCUT2D eigenvalue weighted by atomic mass is 10.1. The zero-order valence-electron chi connectivity index (χ0n) is 16.4. The van der Waals surface area contributed by atoms with Gasteiger partial charge in [0, 0.05) is 41.5 Å². The summed E-state index contributed by atoms with van der Waals surface area (Å²) in [6.07, 6.45) is 1.71. The Kier molecular flexibility index (Phi) is 8.16. The second kappa shape index (κ2) is 11.3. The van der Waals surface area contributed by atoms with Crippen LogP contribution in [0.1, 0.15) is 18.1 Å². The molecule has 0 spiro atoms. The Morgan fingerprint density at radius 1 is 0.897 bits per heavy atom. The molecule has 0 aliphatic heterocycles. The minimum absolute atomic E-state index is 0.375. The Labute approximate surface area is 176 Å². The topological polar surface area (TPSA) is 52.6 Å². The SMILES string of the molecule is CCOc1cccc(CNCCOc2ccccn2)c1OCc1ccccc1Cl. The molecule has 1 N–H and O–H groups in total. The van der Waals surface area contributed by atoms with Gasteiger partial charge in [-0.15, -0.1) is 0 Å². The summed E-state index contributed by atoms with van der Waals surface area (Å²) < 4.78 is 17.5. The van der Waals surface area contributed by atoms with Crippen molar-refractivity contribution >= 4 is 11.6 Å². The minimum atomic E-state index is 0.375. The van der Waals surface area contributed by atoms with Gasteiger partial charge in [0.1, 0.15) is 13.2 Å². The number of ether oxygens (including phenoxy) is 3. The third-order valence-corrected chi connectivity index (χ3v) is 4.54. The first-order chi connectivity index (χ1) is 14.3. The van der Waals surface area contributed by atoms with Crippen LogP contribution in [0.15, 0.2) is 66.9 Å². The van der Waals surface area contributed by atoms with E-state index in [-0.39, 0.29) is 0 Å². The third-order valence-electron chi connectivity index (χ3n) is 4.17. The number of halogens is 1. The monoisotopic (exact) mass is 412 g/mol. The average Bonchev–Trinajstić information content (AvgIpc) is 2.75. The van der Waals surface area contributed by atoms with Gasteiger partial charge >= 0.3 is 0 Å². The van der Waals surface area contributed by atoms with Crippen LogP contribution in [0.4, 0.5) is 0 Å². The van der Waals surface area contributed by atoms with Gasteiger partial charge in [-0.1, -0.05) is 48.0 Å². The van der Waals surface area contributed by atoms with E-state index in [0.29, 0.717) is 43.8 Å². The highest BCUT2D eigenvalue weighted by atomic mass is 35.5. The summed E-state index contributed by atoms with van der Waals surface area (Å²) in [5, 5.41) is 4.06. The smallest absolute Gasteiger partial charge is 0.213 e. The number of nitrogens with zero attached hydrogens (tertiary/aromatic N) is 1. The Hall–Kier alpha value is -2.76. The largest absolute Gasteiger partial charge is 0.490 e. The molecule has 29 heavy (non-hydrogen) atoms. The van der Waals surface area contributed by atoms with Gasteiger partial charge in [-0.05, 0) is 25.1 Å². The average molecular weight is 413 g/mol. The van der Waals surface area contributed by atoms with Crippen LogP contribution in [0.25, 0.3) is 0 Å². The fourth-order valence-electron chi connectivity index (χ4n) is 2.78. The highest BCUT2D eigenvalue weighted by molar-refractivity contribution is 6.31. The molecule has 1 heterocycles. The van der Waals surface area contributed by atoms with E-state index in [0.717, 1.165) is 22.6 Å². The molecule has 0 aliphatic carbocycles. The molecule has 152 valence electrons. The van der Waals surface area contributed by atoms with Crippen LogP contribution in [0, 0.1) is 0 Å². The molecular weight excluding hydrogens is 388 g/mol. The number of para-hydroxylation sites is 1. The molecule has 0 aliphatic rings. The molecule has 3 rings (SSSR count). The molecule has 3 aromatic rings. The molecule has 0 atom stereocenters. The van der Waals surface area contributed by atoms with Crippen LogP contribution in [0.5, 0.6) is 17.4 Å². The zero-order chi connectivity index (χ0) is 20.3. The summed E-state index contributed by atoms with van der Waals surface area (Å²) in [5.41, 5.74) is 1.95. The van der Waals surface area contributed by atoms with Crippen LogP contribution in [-0.2, 0) is 13.2 Å². The minimum Gasteiger partial charge on any atom is -0.490 e. The Balaban J connectivity index is 1.59. The van der Waals surface area contributed by atoms with Crippen molar-refractivity contribution in [1.29, 1.82) is 0 Å². The maximum Gasteiger partial charge on any atom is 0.213 e. The maximum atomic E-state index is 6.26. The Morgan fingerprint density at radius 2 is 1.72 bits per heavy atom. The highest BCUT2D eigenvalue weighted by Crippen LogP contribution is 2.32. The van der Waals surface area contributed by atoms with Crippen molar-refractivity contribution < 1.29 is 14.2 Å². The van der Waals surface area contributed by atoms with Gasteiger partial charge < -0.3 is 19.5 Å². The molecule has 0 radical (unpaired) electrons. The summed E-state index contributed by atoms with van der Waals surface area (Å²) in [6, 6.07) is 19.2. The van der Waals surface area contributed by atoms with E-state index in [2.05, 4.69) is 10.3 Å². The first kappa shape index (κ1) is 21.0. The van der Waals surface area contributed by atoms with Gasteiger partial charge in [-0.2, -0.15) is 0 Å². The summed E-state index contributed by atoms with van der Waals surface area (Å²) in [6.45, 7) is 4.73. The predicted octanol–water partition coefficient (Wildman–Crippen LogP) is 4.88. The van der Waals surface area contributed by atoms with E-state index < -0.39 is 0 Å². The molecule has 0 saturated heterocycles. The lowest BCUT2D eigenvalue weighted by Gasteiger charge is -2.17. The first-order valence-corrected chi connectivity index (χ1v) is 10.0. The van der Waals surface area contributed by atoms with Crippen LogP contribution in [0.3, 0.4) is 0 Å². The number of aromatic nitrogens is 1. The molecule has 6 heteroatoms. The molecular formula is C23H25ClN2O3. The first-order valence-electron chi connectivity index (χ1n) is 9.63. The van der Waals surface area contributed by atoms with Gasteiger partial charge in [-0.25, -0.2) is 4.98 Å². The van der Waals surface area contributed by atoms with Crippen LogP contribution < -0.4 is 19.5 Å². The van der Waals surface area contributed by atoms with Crippen LogP contribution in [-0.4, -0.2) is 24.7 Å². The Bertz CT molecular complexity index is 890.